The number of halogens is 3. The third kappa shape index (κ3) is 5.80. The van der Waals surface area contributed by atoms with Gasteiger partial charge in [-0.25, -0.2) is 8.78 Å². The van der Waals surface area contributed by atoms with Gasteiger partial charge in [-0.15, -0.1) is 0 Å². The molecule has 0 radical (unpaired) electrons. The van der Waals surface area contributed by atoms with Crippen molar-refractivity contribution in [2.45, 2.75) is 26.4 Å². The van der Waals surface area contributed by atoms with Crippen molar-refractivity contribution in [2.24, 2.45) is 5.92 Å². The Bertz CT molecular complexity index is 926. The summed E-state index contributed by atoms with van der Waals surface area (Å²) in [5.74, 6) is -3.33. The van der Waals surface area contributed by atoms with Gasteiger partial charge in [0.1, 0.15) is 23.2 Å². The summed E-state index contributed by atoms with van der Waals surface area (Å²) in [4.78, 5) is 29.5. The highest BCUT2D eigenvalue weighted by Crippen LogP contribution is 2.17. The molecule has 0 aliphatic carbocycles. The van der Waals surface area contributed by atoms with Gasteiger partial charge in [-0.2, -0.15) is 0 Å². The Morgan fingerprint density at radius 3 is 2.23 bits per heavy atom. The van der Waals surface area contributed by atoms with Crippen LogP contribution in [-0.2, 0) is 11.3 Å². The van der Waals surface area contributed by atoms with E-state index in [4.69, 9.17) is 11.6 Å². The highest BCUT2D eigenvalue weighted by atomic mass is 35.5. The van der Waals surface area contributed by atoms with Crippen LogP contribution in [0.3, 0.4) is 0 Å². The standard InChI is InChI=1S/C23H26ClF2N3O2/c1-15(2)21(27-22(30)20-18(25)7-4-8-19(20)26)23(31)29-11-9-28(10-12-29)14-16-5-3-6-17(24)13-16/h3-8,13,15,21H,9-12,14H2,1-2H3,(H,27,30). The first-order valence-corrected chi connectivity index (χ1v) is 10.6. The van der Waals surface area contributed by atoms with E-state index in [-0.39, 0.29) is 11.8 Å². The van der Waals surface area contributed by atoms with E-state index < -0.39 is 29.1 Å². The average molecular weight is 450 g/mol. The Balaban J connectivity index is 1.61. The number of carbonyl (C=O) groups excluding carboxylic acids is 2. The lowest BCUT2D eigenvalue weighted by atomic mass is 10.0. The van der Waals surface area contributed by atoms with Gasteiger partial charge in [0.25, 0.3) is 5.91 Å². The first-order chi connectivity index (χ1) is 14.8. The Labute approximate surface area is 186 Å². The number of nitrogens with one attached hydrogen (secondary N) is 1. The van der Waals surface area contributed by atoms with Gasteiger partial charge in [0.05, 0.1) is 0 Å². The van der Waals surface area contributed by atoms with Crippen LogP contribution in [-0.4, -0.2) is 53.8 Å². The van der Waals surface area contributed by atoms with Crippen LogP contribution < -0.4 is 5.32 Å². The minimum atomic E-state index is -0.956. The molecule has 1 aliphatic rings. The largest absolute Gasteiger partial charge is 0.340 e. The lowest BCUT2D eigenvalue weighted by Gasteiger charge is -2.37. The molecule has 0 spiro atoms. The normalized spacial score (nSPS) is 15.7. The van der Waals surface area contributed by atoms with Crippen molar-refractivity contribution in [2.75, 3.05) is 26.2 Å². The van der Waals surface area contributed by atoms with Gasteiger partial charge in [-0.3, -0.25) is 14.5 Å². The Morgan fingerprint density at radius 1 is 1.03 bits per heavy atom. The van der Waals surface area contributed by atoms with Crippen LogP contribution in [0.25, 0.3) is 0 Å². The number of carbonyl (C=O) groups is 2. The molecule has 0 saturated carbocycles. The summed E-state index contributed by atoms with van der Waals surface area (Å²) in [6, 6.07) is 10.0. The Kier molecular flexibility index (Phi) is 7.62. The van der Waals surface area contributed by atoms with E-state index in [0.29, 0.717) is 31.2 Å². The zero-order valence-electron chi connectivity index (χ0n) is 17.6. The third-order valence-corrected chi connectivity index (χ3v) is 5.62. The van der Waals surface area contributed by atoms with Crippen LogP contribution in [0, 0.1) is 17.6 Å². The number of nitrogens with zero attached hydrogens (tertiary/aromatic N) is 2. The topological polar surface area (TPSA) is 52.7 Å². The Morgan fingerprint density at radius 2 is 1.65 bits per heavy atom. The van der Waals surface area contributed by atoms with E-state index in [1.54, 1.807) is 18.7 Å². The number of piperazine rings is 1. The number of benzene rings is 2. The molecule has 2 aromatic rings. The van der Waals surface area contributed by atoms with E-state index in [1.165, 1.54) is 6.07 Å². The fraction of sp³-hybridized carbons (Fsp3) is 0.391. The molecule has 0 bridgehead atoms. The van der Waals surface area contributed by atoms with Crippen LogP contribution in [0.2, 0.25) is 5.02 Å². The molecule has 3 rings (SSSR count). The molecule has 1 heterocycles. The van der Waals surface area contributed by atoms with Crippen molar-refractivity contribution in [3.63, 3.8) is 0 Å². The van der Waals surface area contributed by atoms with Crippen molar-refractivity contribution in [1.82, 2.24) is 15.1 Å². The summed E-state index contributed by atoms with van der Waals surface area (Å²) in [5.41, 5.74) is 0.429. The molecular weight excluding hydrogens is 424 g/mol. The average Bonchev–Trinajstić information content (AvgIpc) is 2.72. The second kappa shape index (κ2) is 10.2. The molecule has 31 heavy (non-hydrogen) atoms. The fourth-order valence-electron chi connectivity index (χ4n) is 3.66. The smallest absolute Gasteiger partial charge is 0.257 e. The molecule has 1 N–H and O–H groups in total. The maximum absolute atomic E-state index is 13.9. The monoisotopic (exact) mass is 449 g/mol. The van der Waals surface area contributed by atoms with Crippen LogP contribution in [0.5, 0.6) is 0 Å². The first kappa shape index (κ1) is 23.2. The van der Waals surface area contributed by atoms with E-state index in [2.05, 4.69) is 10.2 Å². The molecule has 2 aromatic carbocycles. The number of hydrogen-bond acceptors (Lipinski definition) is 3. The quantitative estimate of drug-likeness (QED) is 0.731. The molecule has 1 saturated heterocycles. The number of rotatable bonds is 6. The SMILES string of the molecule is CC(C)C(NC(=O)c1c(F)cccc1F)C(=O)N1CCN(Cc2cccc(Cl)c2)CC1. The summed E-state index contributed by atoms with van der Waals surface area (Å²) in [5, 5.41) is 3.22. The number of hydrogen-bond donors (Lipinski definition) is 1. The van der Waals surface area contributed by atoms with E-state index in [9.17, 15) is 18.4 Å². The van der Waals surface area contributed by atoms with Gasteiger partial charge in [0, 0.05) is 37.7 Å². The molecule has 1 aliphatic heterocycles. The lowest BCUT2D eigenvalue weighted by molar-refractivity contribution is -0.136. The van der Waals surface area contributed by atoms with Crippen molar-refractivity contribution < 1.29 is 18.4 Å². The van der Waals surface area contributed by atoms with Gasteiger partial charge in [-0.1, -0.05) is 43.6 Å². The first-order valence-electron chi connectivity index (χ1n) is 10.3. The maximum Gasteiger partial charge on any atom is 0.257 e. The molecule has 0 aromatic heterocycles. The summed E-state index contributed by atoms with van der Waals surface area (Å²) in [6.45, 7) is 6.68. The summed E-state index contributed by atoms with van der Waals surface area (Å²) >= 11 is 6.04. The van der Waals surface area contributed by atoms with Crippen LogP contribution in [0.1, 0.15) is 29.8 Å². The minimum absolute atomic E-state index is 0.240. The molecule has 166 valence electrons. The molecule has 5 nitrogen and oxygen atoms in total. The van der Waals surface area contributed by atoms with Crippen LogP contribution in [0.4, 0.5) is 8.78 Å². The van der Waals surface area contributed by atoms with E-state index >= 15 is 0 Å². The minimum Gasteiger partial charge on any atom is -0.340 e. The third-order valence-electron chi connectivity index (χ3n) is 5.39. The fourth-order valence-corrected chi connectivity index (χ4v) is 3.87. The second-order valence-corrected chi connectivity index (χ2v) is 8.46. The maximum atomic E-state index is 13.9. The van der Waals surface area contributed by atoms with Gasteiger partial charge >= 0.3 is 0 Å². The number of amides is 2. The zero-order valence-corrected chi connectivity index (χ0v) is 18.3. The van der Waals surface area contributed by atoms with E-state index in [0.717, 1.165) is 24.2 Å². The zero-order chi connectivity index (χ0) is 22.5. The molecule has 1 fully saturated rings. The summed E-state index contributed by atoms with van der Waals surface area (Å²) < 4.78 is 27.9. The van der Waals surface area contributed by atoms with Crippen LogP contribution >= 0.6 is 11.6 Å². The van der Waals surface area contributed by atoms with Gasteiger partial charge in [-0.05, 0) is 35.7 Å². The lowest BCUT2D eigenvalue weighted by Crippen LogP contribution is -2.56. The molecule has 2 amide bonds. The summed E-state index contributed by atoms with van der Waals surface area (Å²) in [7, 11) is 0. The molecular formula is C23H26ClF2N3O2. The Hall–Kier alpha value is -2.51. The van der Waals surface area contributed by atoms with Crippen molar-refractivity contribution >= 4 is 23.4 Å². The van der Waals surface area contributed by atoms with Crippen molar-refractivity contribution in [1.29, 1.82) is 0 Å². The van der Waals surface area contributed by atoms with E-state index in [1.807, 2.05) is 24.3 Å². The van der Waals surface area contributed by atoms with Crippen molar-refractivity contribution in [3.8, 4) is 0 Å². The predicted molar refractivity (Wildman–Crippen MR) is 116 cm³/mol. The highest BCUT2D eigenvalue weighted by Gasteiger charge is 2.32. The molecule has 8 heteroatoms. The second-order valence-electron chi connectivity index (χ2n) is 8.02. The van der Waals surface area contributed by atoms with Crippen LogP contribution in [0.15, 0.2) is 42.5 Å². The summed E-state index contributed by atoms with van der Waals surface area (Å²) in [6.07, 6.45) is 0. The van der Waals surface area contributed by atoms with Gasteiger partial charge < -0.3 is 10.2 Å². The molecule has 1 atom stereocenters. The molecule has 1 unspecified atom stereocenters. The van der Waals surface area contributed by atoms with Gasteiger partial charge in [0.2, 0.25) is 5.91 Å². The highest BCUT2D eigenvalue weighted by molar-refractivity contribution is 6.30. The predicted octanol–water partition coefficient (Wildman–Crippen LogP) is 3.72. The van der Waals surface area contributed by atoms with Gasteiger partial charge in [0.15, 0.2) is 0 Å². The van der Waals surface area contributed by atoms with Crippen molar-refractivity contribution in [3.05, 3.63) is 70.2 Å².